The highest BCUT2D eigenvalue weighted by Crippen LogP contribution is 2.53. The summed E-state index contributed by atoms with van der Waals surface area (Å²) in [5, 5.41) is 16.0. The summed E-state index contributed by atoms with van der Waals surface area (Å²) in [7, 11) is 3.43. The number of likely N-dealkylation sites (N-methyl/N-ethyl adjacent to an activating group) is 1. The molecule has 0 aliphatic heterocycles. The highest BCUT2D eigenvalue weighted by Gasteiger charge is 2.59. The monoisotopic (exact) mass is 310 g/mol. The number of carboxylic acid groups (broad SMARTS) is 1. The largest absolute Gasteiger partial charge is 0.476 e. The molecule has 0 saturated heterocycles. The molecule has 122 valence electrons. The van der Waals surface area contributed by atoms with E-state index in [1.54, 1.807) is 19.1 Å². The third-order valence-electron chi connectivity index (χ3n) is 5.15. The van der Waals surface area contributed by atoms with Crippen molar-refractivity contribution in [3.05, 3.63) is 11.9 Å². The predicted octanol–water partition coefficient (Wildman–Crippen LogP) is 0.638. The van der Waals surface area contributed by atoms with Crippen LogP contribution < -0.4 is 0 Å². The fourth-order valence-corrected chi connectivity index (χ4v) is 2.97. The van der Waals surface area contributed by atoms with Crippen LogP contribution in [-0.4, -0.2) is 62.7 Å². The van der Waals surface area contributed by atoms with Gasteiger partial charge < -0.3 is 14.7 Å². The van der Waals surface area contributed by atoms with Crippen LogP contribution >= 0.6 is 0 Å². The van der Waals surface area contributed by atoms with Gasteiger partial charge in [0.2, 0.25) is 5.91 Å². The van der Waals surface area contributed by atoms with Gasteiger partial charge in [-0.3, -0.25) is 4.79 Å². The van der Waals surface area contributed by atoms with Crippen LogP contribution in [0.15, 0.2) is 6.20 Å². The smallest absolute Gasteiger partial charge is 0.358 e. The minimum Gasteiger partial charge on any atom is -0.476 e. The van der Waals surface area contributed by atoms with E-state index in [1.807, 2.05) is 6.92 Å². The standard InChI is InChI=1S/C14H22N4O4/c1-13(2)10(6-14(13,3)22-5)17(4)11(19)8-18-7-9(12(20)21)15-16-18/h7,10H,6,8H2,1-5H3,(H,20,21). The number of nitrogens with zero attached hydrogens (tertiary/aromatic N) is 4. The van der Waals surface area contributed by atoms with Gasteiger partial charge in [0.1, 0.15) is 6.54 Å². The van der Waals surface area contributed by atoms with Crippen molar-refractivity contribution in [1.82, 2.24) is 19.9 Å². The number of amides is 1. The molecule has 1 aromatic heterocycles. The van der Waals surface area contributed by atoms with Crippen LogP contribution in [0.25, 0.3) is 0 Å². The summed E-state index contributed by atoms with van der Waals surface area (Å²) in [4.78, 5) is 24.8. The number of aromatic carboxylic acids is 1. The second kappa shape index (κ2) is 5.35. The van der Waals surface area contributed by atoms with E-state index in [0.29, 0.717) is 0 Å². The third-order valence-corrected chi connectivity index (χ3v) is 5.15. The molecular weight excluding hydrogens is 288 g/mol. The van der Waals surface area contributed by atoms with Gasteiger partial charge in [0.25, 0.3) is 0 Å². The van der Waals surface area contributed by atoms with Crippen molar-refractivity contribution in [2.75, 3.05) is 14.2 Å². The zero-order valence-electron chi connectivity index (χ0n) is 13.5. The summed E-state index contributed by atoms with van der Waals surface area (Å²) in [6.07, 6.45) is 2.01. The van der Waals surface area contributed by atoms with Crippen LogP contribution in [0.3, 0.4) is 0 Å². The van der Waals surface area contributed by atoms with Crippen molar-refractivity contribution in [1.29, 1.82) is 0 Å². The Morgan fingerprint density at radius 1 is 1.50 bits per heavy atom. The van der Waals surface area contributed by atoms with E-state index in [2.05, 4.69) is 24.2 Å². The molecule has 1 fully saturated rings. The van der Waals surface area contributed by atoms with E-state index in [4.69, 9.17) is 9.84 Å². The van der Waals surface area contributed by atoms with Crippen molar-refractivity contribution < 1.29 is 19.4 Å². The number of rotatable bonds is 5. The number of carbonyl (C=O) groups is 2. The molecule has 1 amide bonds. The molecule has 8 nitrogen and oxygen atoms in total. The molecular formula is C14H22N4O4. The molecule has 0 aromatic carbocycles. The fourth-order valence-electron chi connectivity index (χ4n) is 2.97. The summed E-state index contributed by atoms with van der Waals surface area (Å²) >= 11 is 0. The van der Waals surface area contributed by atoms with Gasteiger partial charge in [-0.25, -0.2) is 9.48 Å². The van der Waals surface area contributed by atoms with Crippen LogP contribution in [0.4, 0.5) is 0 Å². The fraction of sp³-hybridized carbons (Fsp3) is 0.714. The first-order valence-corrected chi connectivity index (χ1v) is 7.06. The molecule has 1 saturated carbocycles. The van der Waals surface area contributed by atoms with Crippen molar-refractivity contribution in [2.24, 2.45) is 5.41 Å². The quantitative estimate of drug-likeness (QED) is 0.857. The van der Waals surface area contributed by atoms with Gasteiger partial charge in [-0.1, -0.05) is 19.1 Å². The highest BCUT2D eigenvalue weighted by molar-refractivity contribution is 5.84. The van der Waals surface area contributed by atoms with Crippen LogP contribution in [0.2, 0.25) is 0 Å². The van der Waals surface area contributed by atoms with E-state index in [9.17, 15) is 9.59 Å². The predicted molar refractivity (Wildman–Crippen MR) is 77.4 cm³/mol. The van der Waals surface area contributed by atoms with E-state index < -0.39 is 5.97 Å². The number of carboxylic acids is 1. The normalized spacial score (nSPS) is 26.3. The second-order valence-corrected chi connectivity index (χ2v) is 6.49. The van der Waals surface area contributed by atoms with Gasteiger partial charge in [0.05, 0.1) is 11.8 Å². The Morgan fingerprint density at radius 3 is 2.59 bits per heavy atom. The summed E-state index contributed by atoms with van der Waals surface area (Å²) in [5.74, 6) is -1.30. The number of carbonyl (C=O) groups excluding carboxylic acids is 1. The average Bonchev–Trinajstić information content (AvgIpc) is 2.92. The summed E-state index contributed by atoms with van der Waals surface area (Å²) < 4.78 is 6.81. The molecule has 0 bridgehead atoms. The second-order valence-electron chi connectivity index (χ2n) is 6.49. The Bertz CT molecular complexity index is 597. The maximum absolute atomic E-state index is 12.4. The van der Waals surface area contributed by atoms with Crippen molar-refractivity contribution in [3.63, 3.8) is 0 Å². The molecule has 8 heteroatoms. The zero-order chi connectivity index (χ0) is 16.7. The third kappa shape index (κ3) is 2.47. The van der Waals surface area contributed by atoms with Crippen molar-refractivity contribution in [2.45, 2.75) is 45.4 Å². The molecule has 2 atom stereocenters. The molecule has 0 spiro atoms. The van der Waals surface area contributed by atoms with E-state index >= 15 is 0 Å². The van der Waals surface area contributed by atoms with E-state index in [-0.39, 0.29) is 35.2 Å². The topological polar surface area (TPSA) is 97.5 Å². The van der Waals surface area contributed by atoms with Crippen molar-refractivity contribution >= 4 is 11.9 Å². The maximum Gasteiger partial charge on any atom is 0.358 e. The summed E-state index contributed by atoms with van der Waals surface area (Å²) in [6, 6.07) is 0.0624. The lowest BCUT2D eigenvalue weighted by atomic mass is 9.55. The van der Waals surface area contributed by atoms with E-state index in [0.717, 1.165) is 6.42 Å². The average molecular weight is 310 g/mol. The number of methoxy groups -OCH3 is 1. The Morgan fingerprint density at radius 2 is 2.14 bits per heavy atom. The van der Waals surface area contributed by atoms with Gasteiger partial charge in [-0.15, -0.1) is 5.10 Å². The summed E-state index contributed by atoms with van der Waals surface area (Å²) in [6.45, 7) is 6.16. The number of aromatic nitrogens is 3. The van der Waals surface area contributed by atoms with Crippen LogP contribution in [0.5, 0.6) is 0 Å². The maximum atomic E-state index is 12.4. The number of hydrogen-bond donors (Lipinski definition) is 1. The lowest BCUT2D eigenvalue weighted by Crippen LogP contribution is -2.68. The van der Waals surface area contributed by atoms with Gasteiger partial charge in [-0.05, 0) is 13.3 Å². The first-order valence-electron chi connectivity index (χ1n) is 7.06. The van der Waals surface area contributed by atoms with Gasteiger partial charge >= 0.3 is 5.97 Å². The number of hydrogen-bond acceptors (Lipinski definition) is 5. The Balaban J connectivity index is 2.03. The van der Waals surface area contributed by atoms with Crippen LogP contribution in [0, 0.1) is 5.41 Å². The van der Waals surface area contributed by atoms with Crippen molar-refractivity contribution in [3.8, 4) is 0 Å². The Kier molecular flexibility index (Phi) is 3.99. The molecule has 2 rings (SSSR count). The van der Waals surface area contributed by atoms with Crippen LogP contribution in [0.1, 0.15) is 37.7 Å². The molecule has 1 aliphatic carbocycles. The lowest BCUT2D eigenvalue weighted by Gasteiger charge is -2.61. The van der Waals surface area contributed by atoms with Gasteiger partial charge in [0, 0.05) is 25.6 Å². The molecule has 1 aromatic rings. The van der Waals surface area contributed by atoms with Crippen LogP contribution in [-0.2, 0) is 16.1 Å². The molecule has 1 heterocycles. The minimum absolute atomic E-state index is 0.0347. The molecule has 1 aliphatic rings. The summed E-state index contributed by atoms with van der Waals surface area (Å²) in [5.41, 5.74) is -0.595. The molecule has 22 heavy (non-hydrogen) atoms. The number of ether oxygens (including phenoxy) is 1. The first kappa shape index (κ1) is 16.4. The van der Waals surface area contributed by atoms with E-state index in [1.165, 1.54) is 10.9 Å². The lowest BCUT2D eigenvalue weighted by molar-refractivity contribution is -0.207. The molecule has 0 radical (unpaired) electrons. The molecule has 2 unspecified atom stereocenters. The molecule has 1 N–H and O–H groups in total. The Labute approximate surface area is 129 Å². The van der Waals surface area contributed by atoms with Gasteiger partial charge in [0.15, 0.2) is 5.69 Å². The zero-order valence-corrected chi connectivity index (χ0v) is 13.5. The SMILES string of the molecule is COC1(C)CC(N(C)C(=O)Cn2cc(C(=O)O)nn2)C1(C)C. The first-order chi connectivity index (χ1) is 10.1. The minimum atomic E-state index is -1.16. The van der Waals surface area contributed by atoms with Gasteiger partial charge in [-0.2, -0.15) is 0 Å². The Hall–Kier alpha value is -1.96. The highest BCUT2D eigenvalue weighted by atomic mass is 16.5.